The minimum absolute atomic E-state index is 0.189. The Morgan fingerprint density at radius 2 is 2.31 bits per heavy atom. The van der Waals surface area contributed by atoms with Crippen molar-refractivity contribution in [2.75, 3.05) is 7.11 Å². The molecule has 4 nitrogen and oxygen atoms in total. The fourth-order valence-electron chi connectivity index (χ4n) is 1.32. The van der Waals surface area contributed by atoms with Gasteiger partial charge in [0.15, 0.2) is 6.29 Å². The first-order valence-electron chi connectivity index (χ1n) is 4.37. The van der Waals surface area contributed by atoms with Crippen molar-refractivity contribution in [3.8, 4) is 16.2 Å². The molecule has 82 valence electrons. The summed E-state index contributed by atoms with van der Waals surface area (Å²) in [5, 5.41) is 3.64. The lowest BCUT2D eigenvalue weighted by atomic mass is 10.1. The first-order chi connectivity index (χ1) is 7.76. The van der Waals surface area contributed by atoms with Gasteiger partial charge in [0.1, 0.15) is 17.3 Å². The zero-order chi connectivity index (χ0) is 11.5. The van der Waals surface area contributed by atoms with E-state index in [4.69, 9.17) is 4.74 Å². The quantitative estimate of drug-likeness (QED) is 0.769. The van der Waals surface area contributed by atoms with E-state index in [1.54, 1.807) is 0 Å². The number of benzene rings is 1. The lowest BCUT2D eigenvalue weighted by molar-refractivity contribution is 0.111. The number of nitrogens with zero attached hydrogens (tertiary/aromatic N) is 2. The molecule has 0 bridgehead atoms. The Labute approximate surface area is 94.8 Å². The normalized spacial score (nSPS) is 10.1. The van der Waals surface area contributed by atoms with Gasteiger partial charge >= 0.3 is 0 Å². The predicted octanol–water partition coefficient (Wildman–Crippen LogP) is 2.17. The van der Waals surface area contributed by atoms with Crippen molar-refractivity contribution in [2.24, 2.45) is 0 Å². The van der Waals surface area contributed by atoms with Crippen LogP contribution in [0.2, 0.25) is 0 Å². The van der Waals surface area contributed by atoms with Crippen LogP contribution in [0.3, 0.4) is 0 Å². The predicted molar refractivity (Wildman–Crippen MR) is 57.2 cm³/mol. The van der Waals surface area contributed by atoms with E-state index in [0.717, 1.165) is 11.5 Å². The van der Waals surface area contributed by atoms with Crippen LogP contribution < -0.4 is 4.74 Å². The van der Waals surface area contributed by atoms with Crippen molar-refractivity contribution >= 4 is 17.8 Å². The third kappa shape index (κ3) is 1.79. The van der Waals surface area contributed by atoms with Crippen LogP contribution in [0.4, 0.5) is 4.39 Å². The number of hydrogen-bond acceptors (Lipinski definition) is 5. The lowest BCUT2D eigenvalue weighted by Gasteiger charge is -2.05. The van der Waals surface area contributed by atoms with Crippen LogP contribution in [0.25, 0.3) is 10.4 Å². The van der Waals surface area contributed by atoms with E-state index in [1.807, 2.05) is 0 Å². The minimum Gasteiger partial charge on any atom is -0.496 e. The van der Waals surface area contributed by atoms with Gasteiger partial charge in [0.2, 0.25) is 0 Å². The number of hydrogen-bond donors (Lipinski definition) is 0. The Morgan fingerprint density at radius 3 is 3.00 bits per heavy atom. The van der Waals surface area contributed by atoms with E-state index in [9.17, 15) is 9.18 Å². The standard InChI is InChI=1S/C10H7FN2O2S/c1-15-9-3-2-6(11)4-7(9)10-8(5-14)12-13-16-10/h2-5H,1H3. The van der Waals surface area contributed by atoms with E-state index >= 15 is 0 Å². The van der Waals surface area contributed by atoms with Crippen molar-refractivity contribution in [1.82, 2.24) is 9.59 Å². The van der Waals surface area contributed by atoms with E-state index in [-0.39, 0.29) is 5.69 Å². The number of halogens is 1. The number of aldehydes is 1. The Morgan fingerprint density at radius 1 is 1.50 bits per heavy atom. The highest BCUT2D eigenvalue weighted by Crippen LogP contribution is 2.33. The van der Waals surface area contributed by atoms with Gasteiger partial charge < -0.3 is 4.74 Å². The summed E-state index contributed by atoms with van der Waals surface area (Å²) in [6.07, 6.45) is 0.586. The van der Waals surface area contributed by atoms with Crippen LogP contribution in [0.5, 0.6) is 5.75 Å². The average Bonchev–Trinajstić information content (AvgIpc) is 2.76. The maximum Gasteiger partial charge on any atom is 0.171 e. The average molecular weight is 238 g/mol. The number of methoxy groups -OCH3 is 1. The third-order valence-electron chi connectivity index (χ3n) is 2.03. The Bertz CT molecular complexity index is 527. The Kier molecular flexibility index (Phi) is 2.91. The van der Waals surface area contributed by atoms with Gasteiger partial charge in [0.25, 0.3) is 0 Å². The molecule has 0 fully saturated rings. The highest BCUT2D eigenvalue weighted by atomic mass is 32.1. The zero-order valence-corrected chi connectivity index (χ0v) is 9.12. The van der Waals surface area contributed by atoms with E-state index in [1.165, 1.54) is 25.3 Å². The van der Waals surface area contributed by atoms with Crippen LogP contribution in [0.15, 0.2) is 18.2 Å². The van der Waals surface area contributed by atoms with Crippen molar-refractivity contribution in [2.45, 2.75) is 0 Å². The van der Waals surface area contributed by atoms with Gasteiger partial charge in [-0.25, -0.2) is 4.39 Å². The van der Waals surface area contributed by atoms with Crippen LogP contribution >= 0.6 is 11.5 Å². The fraction of sp³-hybridized carbons (Fsp3) is 0.100. The summed E-state index contributed by atoms with van der Waals surface area (Å²) in [6.45, 7) is 0. The van der Waals surface area contributed by atoms with Gasteiger partial charge in [-0.15, -0.1) is 5.10 Å². The Balaban J connectivity index is 2.62. The molecular formula is C10H7FN2O2S. The summed E-state index contributed by atoms with van der Waals surface area (Å²) in [4.78, 5) is 11.2. The largest absolute Gasteiger partial charge is 0.496 e. The summed E-state index contributed by atoms with van der Waals surface area (Å²) >= 11 is 1.03. The molecule has 0 saturated heterocycles. The van der Waals surface area contributed by atoms with E-state index in [0.29, 0.717) is 22.5 Å². The van der Waals surface area contributed by atoms with Gasteiger partial charge in [-0.1, -0.05) is 4.49 Å². The highest BCUT2D eigenvalue weighted by molar-refractivity contribution is 7.09. The number of rotatable bonds is 3. The fourth-order valence-corrected chi connectivity index (χ4v) is 1.97. The van der Waals surface area contributed by atoms with E-state index in [2.05, 4.69) is 9.59 Å². The van der Waals surface area contributed by atoms with Gasteiger partial charge in [-0.05, 0) is 29.7 Å². The van der Waals surface area contributed by atoms with Crippen LogP contribution in [0.1, 0.15) is 10.5 Å². The van der Waals surface area contributed by atoms with Crippen molar-refractivity contribution in [3.63, 3.8) is 0 Å². The van der Waals surface area contributed by atoms with Crippen LogP contribution in [-0.4, -0.2) is 23.0 Å². The smallest absolute Gasteiger partial charge is 0.171 e. The number of ether oxygens (including phenoxy) is 1. The maximum atomic E-state index is 13.1. The summed E-state index contributed by atoms with van der Waals surface area (Å²) < 4.78 is 21.9. The molecule has 16 heavy (non-hydrogen) atoms. The molecule has 0 aliphatic carbocycles. The maximum absolute atomic E-state index is 13.1. The highest BCUT2D eigenvalue weighted by Gasteiger charge is 2.14. The summed E-state index contributed by atoms with van der Waals surface area (Å²) in [7, 11) is 1.48. The SMILES string of the molecule is COc1ccc(F)cc1-c1snnc1C=O. The number of carbonyl (C=O) groups excluding carboxylic acids is 1. The van der Waals surface area contributed by atoms with Crippen LogP contribution in [0, 0.1) is 5.82 Å². The molecule has 0 N–H and O–H groups in total. The van der Waals surface area contributed by atoms with Crippen LogP contribution in [-0.2, 0) is 0 Å². The zero-order valence-electron chi connectivity index (χ0n) is 8.31. The molecule has 0 saturated carbocycles. The monoisotopic (exact) mass is 238 g/mol. The molecule has 0 unspecified atom stereocenters. The van der Waals surface area contributed by atoms with E-state index < -0.39 is 5.82 Å². The molecular weight excluding hydrogens is 231 g/mol. The van der Waals surface area contributed by atoms with Crippen molar-refractivity contribution in [1.29, 1.82) is 0 Å². The number of carbonyl (C=O) groups is 1. The second-order valence-electron chi connectivity index (χ2n) is 2.95. The van der Waals surface area contributed by atoms with Gasteiger partial charge in [0.05, 0.1) is 12.0 Å². The molecule has 0 radical (unpaired) electrons. The molecule has 0 amide bonds. The molecule has 0 aliphatic rings. The Hall–Kier alpha value is -1.82. The molecule has 1 aromatic heterocycles. The topological polar surface area (TPSA) is 52.1 Å². The first kappa shape index (κ1) is 10.7. The van der Waals surface area contributed by atoms with Crippen molar-refractivity contribution in [3.05, 3.63) is 29.7 Å². The van der Waals surface area contributed by atoms with Gasteiger partial charge in [-0.2, -0.15) is 0 Å². The molecule has 0 atom stereocenters. The molecule has 6 heteroatoms. The van der Waals surface area contributed by atoms with Crippen molar-refractivity contribution < 1.29 is 13.9 Å². The summed E-state index contributed by atoms with van der Waals surface area (Å²) in [6, 6.07) is 4.08. The summed E-state index contributed by atoms with van der Waals surface area (Å²) in [5.41, 5.74) is 0.675. The molecule has 0 aliphatic heterocycles. The number of aromatic nitrogens is 2. The third-order valence-corrected chi connectivity index (χ3v) is 2.81. The second kappa shape index (κ2) is 4.36. The summed E-state index contributed by atoms with van der Waals surface area (Å²) in [5.74, 6) is 0.0802. The molecule has 1 heterocycles. The second-order valence-corrected chi connectivity index (χ2v) is 3.70. The minimum atomic E-state index is -0.402. The lowest BCUT2D eigenvalue weighted by Crippen LogP contribution is -1.90. The first-order valence-corrected chi connectivity index (χ1v) is 5.15. The molecule has 1 aromatic carbocycles. The van der Waals surface area contributed by atoms with Gasteiger partial charge in [-0.3, -0.25) is 4.79 Å². The molecule has 2 aromatic rings. The van der Waals surface area contributed by atoms with Gasteiger partial charge in [0, 0.05) is 5.56 Å². The molecule has 2 rings (SSSR count). The molecule has 0 spiro atoms.